The molecule has 2 aromatic rings. The first-order valence-corrected chi connectivity index (χ1v) is 10.4. The van der Waals surface area contributed by atoms with Gasteiger partial charge in [-0.05, 0) is 55.9 Å². The zero-order valence-corrected chi connectivity index (χ0v) is 17.7. The van der Waals surface area contributed by atoms with Gasteiger partial charge in [-0.2, -0.15) is 0 Å². The molecule has 1 aromatic heterocycles. The molecule has 30 heavy (non-hydrogen) atoms. The Kier molecular flexibility index (Phi) is 7.87. The van der Waals surface area contributed by atoms with Gasteiger partial charge in [0.25, 0.3) is 11.8 Å². The average Bonchev–Trinajstić information content (AvgIpc) is 2.74. The molecule has 0 spiro atoms. The van der Waals surface area contributed by atoms with Crippen molar-refractivity contribution in [1.29, 1.82) is 0 Å². The zero-order chi connectivity index (χ0) is 21.5. The summed E-state index contributed by atoms with van der Waals surface area (Å²) in [4.78, 5) is 28.2. The lowest BCUT2D eigenvalue weighted by atomic mass is 9.86. The second-order valence-corrected chi connectivity index (χ2v) is 8.07. The molecule has 0 unspecified atom stereocenters. The summed E-state index contributed by atoms with van der Waals surface area (Å²) in [6.07, 6.45) is 4.87. The summed E-state index contributed by atoms with van der Waals surface area (Å²) in [5.74, 6) is -0.468. The third-order valence-electron chi connectivity index (χ3n) is 4.98. The molecule has 1 fully saturated rings. The summed E-state index contributed by atoms with van der Waals surface area (Å²) < 4.78 is 18.7. The average molecular weight is 454 g/mol. The minimum atomic E-state index is -0.591. The molecule has 1 aromatic carbocycles. The van der Waals surface area contributed by atoms with Gasteiger partial charge >= 0.3 is 0 Å². The fraction of sp³-hybridized carbons (Fsp3) is 0.381. The van der Waals surface area contributed by atoms with E-state index in [9.17, 15) is 14.0 Å². The van der Waals surface area contributed by atoms with E-state index in [0.717, 1.165) is 31.7 Å². The van der Waals surface area contributed by atoms with Gasteiger partial charge in [0.15, 0.2) is 6.61 Å². The maximum atomic E-state index is 13.4. The zero-order valence-electron chi connectivity index (χ0n) is 16.2. The van der Waals surface area contributed by atoms with Crippen LogP contribution in [0, 0.1) is 11.7 Å². The van der Waals surface area contributed by atoms with Crippen molar-refractivity contribution < 1.29 is 18.7 Å². The molecule has 2 N–H and O–H groups in total. The summed E-state index contributed by atoms with van der Waals surface area (Å²) in [6, 6.07) is 7.32. The van der Waals surface area contributed by atoms with E-state index < -0.39 is 5.82 Å². The van der Waals surface area contributed by atoms with Crippen molar-refractivity contribution in [2.24, 2.45) is 5.92 Å². The fourth-order valence-corrected chi connectivity index (χ4v) is 3.56. The molecule has 0 atom stereocenters. The number of benzene rings is 1. The highest BCUT2D eigenvalue weighted by Crippen LogP contribution is 2.24. The molecule has 1 aliphatic rings. The van der Waals surface area contributed by atoms with E-state index in [1.54, 1.807) is 12.1 Å². The minimum Gasteiger partial charge on any atom is -0.484 e. The summed E-state index contributed by atoms with van der Waals surface area (Å²) in [5, 5.41) is 6.32. The maximum Gasteiger partial charge on any atom is 0.269 e. The van der Waals surface area contributed by atoms with Crippen LogP contribution >= 0.6 is 23.2 Å². The molecule has 1 saturated carbocycles. The first-order valence-electron chi connectivity index (χ1n) is 9.67. The number of halogens is 3. The molecular formula is C21H22Cl2FN3O3. The standard InChI is InChI=1S/C21H22Cl2FN3O3/c22-14-3-8-19(25-11-14)21(29)26-10-13-1-4-15(5-2-13)27-20(28)12-30-16-6-7-17(23)18(24)9-16/h3,6-9,11,13,15H,1-2,4-5,10,12H2,(H,26,29)(H,27,28)/t13-,15-. The monoisotopic (exact) mass is 453 g/mol. The number of nitrogens with zero attached hydrogens (tertiary/aromatic N) is 1. The van der Waals surface area contributed by atoms with E-state index >= 15 is 0 Å². The number of rotatable bonds is 7. The minimum absolute atomic E-state index is 0.00387. The van der Waals surface area contributed by atoms with Crippen LogP contribution in [-0.4, -0.2) is 36.0 Å². The molecule has 160 valence electrons. The largest absolute Gasteiger partial charge is 0.484 e. The SMILES string of the molecule is O=C(COc1ccc(Cl)c(F)c1)N[C@H]1CC[C@H](CNC(=O)c2ccc(Cl)cn2)CC1. The Balaban J connectivity index is 1.34. The van der Waals surface area contributed by atoms with E-state index in [1.807, 2.05) is 0 Å². The second kappa shape index (κ2) is 10.6. The highest BCUT2D eigenvalue weighted by Gasteiger charge is 2.23. The number of hydrogen-bond donors (Lipinski definition) is 2. The normalized spacial score (nSPS) is 18.5. The van der Waals surface area contributed by atoms with E-state index in [-0.39, 0.29) is 35.2 Å². The van der Waals surface area contributed by atoms with Crippen molar-refractivity contribution in [2.45, 2.75) is 31.7 Å². The van der Waals surface area contributed by atoms with Crippen molar-refractivity contribution in [3.63, 3.8) is 0 Å². The molecule has 2 amide bonds. The Morgan fingerprint density at radius 2 is 1.90 bits per heavy atom. The summed E-state index contributed by atoms with van der Waals surface area (Å²) in [5.41, 5.74) is 0.334. The molecule has 0 aliphatic heterocycles. The quantitative estimate of drug-likeness (QED) is 0.663. The van der Waals surface area contributed by atoms with Gasteiger partial charge in [-0.25, -0.2) is 9.37 Å². The van der Waals surface area contributed by atoms with Crippen molar-refractivity contribution in [2.75, 3.05) is 13.2 Å². The first kappa shape index (κ1) is 22.3. The van der Waals surface area contributed by atoms with Crippen LogP contribution in [0.1, 0.15) is 36.2 Å². The van der Waals surface area contributed by atoms with Crippen LogP contribution in [0.2, 0.25) is 10.0 Å². The highest BCUT2D eigenvalue weighted by molar-refractivity contribution is 6.30. The van der Waals surface area contributed by atoms with E-state index in [2.05, 4.69) is 15.6 Å². The Labute approximate surface area is 184 Å². The second-order valence-electron chi connectivity index (χ2n) is 7.22. The molecule has 0 saturated heterocycles. The van der Waals surface area contributed by atoms with Gasteiger partial charge in [0.2, 0.25) is 0 Å². The van der Waals surface area contributed by atoms with E-state index in [1.165, 1.54) is 18.3 Å². The van der Waals surface area contributed by atoms with Crippen LogP contribution in [0.3, 0.4) is 0 Å². The molecular weight excluding hydrogens is 432 g/mol. The van der Waals surface area contributed by atoms with Gasteiger partial charge in [0, 0.05) is 24.8 Å². The number of aromatic nitrogens is 1. The molecule has 3 rings (SSSR count). The van der Waals surface area contributed by atoms with Crippen LogP contribution < -0.4 is 15.4 Å². The lowest BCUT2D eigenvalue weighted by Gasteiger charge is -2.29. The van der Waals surface area contributed by atoms with Crippen LogP contribution in [0.25, 0.3) is 0 Å². The maximum absolute atomic E-state index is 13.4. The van der Waals surface area contributed by atoms with Crippen molar-refractivity contribution in [1.82, 2.24) is 15.6 Å². The van der Waals surface area contributed by atoms with Crippen LogP contribution in [0.15, 0.2) is 36.5 Å². The topological polar surface area (TPSA) is 80.3 Å². The van der Waals surface area contributed by atoms with Gasteiger partial charge in [-0.3, -0.25) is 9.59 Å². The first-order chi connectivity index (χ1) is 14.4. The Bertz CT molecular complexity index is 888. The number of hydrogen-bond acceptors (Lipinski definition) is 4. The van der Waals surface area contributed by atoms with Crippen LogP contribution in [-0.2, 0) is 4.79 Å². The summed E-state index contributed by atoms with van der Waals surface area (Å²) >= 11 is 11.4. The van der Waals surface area contributed by atoms with E-state index in [4.69, 9.17) is 27.9 Å². The fourth-order valence-electron chi connectivity index (χ4n) is 3.33. The highest BCUT2D eigenvalue weighted by atomic mass is 35.5. The van der Waals surface area contributed by atoms with Gasteiger partial charge < -0.3 is 15.4 Å². The molecule has 1 heterocycles. The van der Waals surface area contributed by atoms with Gasteiger partial charge in [0.05, 0.1) is 10.0 Å². The summed E-state index contributed by atoms with van der Waals surface area (Å²) in [7, 11) is 0. The van der Waals surface area contributed by atoms with Crippen LogP contribution in [0.5, 0.6) is 5.75 Å². The number of nitrogens with one attached hydrogen (secondary N) is 2. The van der Waals surface area contributed by atoms with Crippen molar-refractivity contribution in [3.8, 4) is 5.75 Å². The van der Waals surface area contributed by atoms with Gasteiger partial charge in [0.1, 0.15) is 17.3 Å². The number of pyridine rings is 1. The molecule has 0 radical (unpaired) electrons. The van der Waals surface area contributed by atoms with E-state index in [0.29, 0.717) is 23.2 Å². The molecule has 0 bridgehead atoms. The third-order valence-corrected chi connectivity index (χ3v) is 5.51. The van der Waals surface area contributed by atoms with Crippen molar-refractivity contribution in [3.05, 3.63) is 58.1 Å². The molecule has 6 nitrogen and oxygen atoms in total. The van der Waals surface area contributed by atoms with Crippen LogP contribution in [0.4, 0.5) is 4.39 Å². The predicted octanol–water partition coefficient (Wildman–Crippen LogP) is 4.01. The van der Waals surface area contributed by atoms with Crippen molar-refractivity contribution >= 4 is 35.0 Å². The molecule has 9 heteroatoms. The Hall–Kier alpha value is -2.38. The number of amides is 2. The Morgan fingerprint density at radius 1 is 1.13 bits per heavy atom. The third kappa shape index (κ3) is 6.57. The predicted molar refractivity (Wildman–Crippen MR) is 112 cm³/mol. The van der Waals surface area contributed by atoms with Gasteiger partial charge in [-0.15, -0.1) is 0 Å². The molecule has 1 aliphatic carbocycles. The number of carbonyl (C=O) groups excluding carboxylic acids is 2. The van der Waals surface area contributed by atoms with Gasteiger partial charge in [-0.1, -0.05) is 23.2 Å². The lowest BCUT2D eigenvalue weighted by molar-refractivity contribution is -0.124. The number of carbonyl (C=O) groups is 2. The summed E-state index contributed by atoms with van der Waals surface area (Å²) in [6.45, 7) is 0.375. The smallest absolute Gasteiger partial charge is 0.269 e. The Morgan fingerprint density at radius 3 is 2.57 bits per heavy atom. The lowest BCUT2D eigenvalue weighted by Crippen LogP contribution is -2.41. The number of ether oxygens (including phenoxy) is 1.